The van der Waals surface area contributed by atoms with Gasteiger partial charge in [0, 0.05) is 51.0 Å². The van der Waals surface area contributed by atoms with E-state index < -0.39 is 0 Å². The average Bonchev–Trinajstić information content (AvgIpc) is 3.35. The number of rotatable bonds is 3. The van der Waals surface area contributed by atoms with Gasteiger partial charge in [-0.05, 0) is 73.4 Å². The van der Waals surface area contributed by atoms with Gasteiger partial charge in [0.25, 0.3) is 5.91 Å². The van der Waals surface area contributed by atoms with Crippen molar-refractivity contribution in [2.75, 3.05) is 44.2 Å². The van der Waals surface area contributed by atoms with Gasteiger partial charge in [-0.3, -0.25) is 9.69 Å². The predicted molar refractivity (Wildman–Crippen MR) is 136 cm³/mol. The average molecular weight is 460 g/mol. The van der Waals surface area contributed by atoms with E-state index in [-0.39, 0.29) is 12.0 Å². The van der Waals surface area contributed by atoms with Gasteiger partial charge in [-0.2, -0.15) is 0 Å². The summed E-state index contributed by atoms with van der Waals surface area (Å²) in [5.74, 6) is 1.03. The lowest BCUT2D eigenvalue weighted by molar-refractivity contribution is -0.139. The molecule has 0 radical (unpaired) electrons. The van der Waals surface area contributed by atoms with Crippen LogP contribution in [-0.4, -0.2) is 67.1 Å². The number of piperazine rings is 1. The Labute approximate surface area is 203 Å². The highest BCUT2D eigenvalue weighted by Gasteiger charge is 2.32. The molecule has 2 aromatic rings. The number of anilines is 1. The molecule has 5 nitrogen and oxygen atoms in total. The van der Waals surface area contributed by atoms with Crippen LogP contribution in [0.1, 0.15) is 48.8 Å². The lowest BCUT2D eigenvalue weighted by Gasteiger charge is -2.38. The molecule has 1 aliphatic carbocycles. The minimum absolute atomic E-state index is 0.156. The molecule has 0 bridgehead atoms. The zero-order valence-corrected chi connectivity index (χ0v) is 20.3. The third-order valence-corrected chi connectivity index (χ3v) is 8.52. The quantitative estimate of drug-likeness (QED) is 0.693. The summed E-state index contributed by atoms with van der Waals surface area (Å²) in [6.45, 7) is 5.74. The van der Waals surface area contributed by atoms with E-state index in [0.717, 1.165) is 50.8 Å². The van der Waals surface area contributed by atoms with E-state index in [0.29, 0.717) is 0 Å². The Morgan fingerprint density at radius 1 is 0.765 bits per heavy atom. The lowest BCUT2D eigenvalue weighted by atomic mass is 10.0. The number of hydrogen-bond donors (Lipinski definition) is 0. The number of para-hydroxylation sites is 1. The number of amides is 1. The van der Waals surface area contributed by atoms with Gasteiger partial charge in [-0.25, -0.2) is 0 Å². The highest BCUT2D eigenvalue weighted by Crippen LogP contribution is 2.30. The number of fused-ring (bicyclic) bond motifs is 2. The SMILES string of the molecule is O=C(C1CCc2ccccc2O1)N1CCN(c2ccc3c(c2)CCN(C2CCCC2)CC3)CC1. The second kappa shape index (κ2) is 9.61. The van der Waals surface area contributed by atoms with Crippen molar-refractivity contribution in [1.29, 1.82) is 0 Å². The van der Waals surface area contributed by atoms with Crippen molar-refractivity contribution in [3.63, 3.8) is 0 Å². The van der Waals surface area contributed by atoms with E-state index >= 15 is 0 Å². The molecule has 3 heterocycles. The van der Waals surface area contributed by atoms with Crippen LogP contribution in [0.5, 0.6) is 5.75 Å². The minimum Gasteiger partial charge on any atom is -0.480 e. The van der Waals surface area contributed by atoms with Gasteiger partial charge in [0.15, 0.2) is 6.10 Å². The number of nitrogens with zero attached hydrogens (tertiary/aromatic N) is 3. The summed E-state index contributed by atoms with van der Waals surface area (Å²) < 4.78 is 6.07. The maximum Gasteiger partial charge on any atom is 0.263 e. The molecule has 1 atom stereocenters. The zero-order valence-electron chi connectivity index (χ0n) is 20.3. The highest BCUT2D eigenvalue weighted by atomic mass is 16.5. The molecule has 0 aromatic heterocycles. The third kappa shape index (κ3) is 4.43. The zero-order chi connectivity index (χ0) is 22.9. The Balaban J connectivity index is 1.06. The van der Waals surface area contributed by atoms with Gasteiger partial charge < -0.3 is 14.5 Å². The van der Waals surface area contributed by atoms with Gasteiger partial charge >= 0.3 is 0 Å². The van der Waals surface area contributed by atoms with Crippen LogP contribution >= 0.6 is 0 Å². The number of carbonyl (C=O) groups excluding carboxylic acids is 1. The fourth-order valence-electron chi connectivity index (χ4n) is 6.45. The molecule has 3 aliphatic heterocycles. The van der Waals surface area contributed by atoms with Crippen molar-refractivity contribution in [2.45, 2.75) is 63.5 Å². The van der Waals surface area contributed by atoms with Crippen LogP contribution < -0.4 is 9.64 Å². The van der Waals surface area contributed by atoms with Crippen LogP contribution in [-0.2, 0) is 24.1 Å². The molecule has 180 valence electrons. The lowest BCUT2D eigenvalue weighted by Crippen LogP contribution is -2.53. The number of hydrogen-bond acceptors (Lipinski definition) is 4. The molecule has 34 heavy (non-hydrogen) atoms. The summed E-state index contributed by atoms with van der Waals surface area (Å²) in [6, 6.07) is 16.0. The van der Waals surface area contributed by atoms with Gasteiger partial charge in [0.05, 0.1) is 0 Å². The summed E-state index contributed by atoms with van der Waals surface area (Å²) in [6.07, 6.45) is 9.30. The minimum atomic E-state index is -0.336. The molecular weight excluding hydrogens is 422 g/mol. The molecule has 1 saturated heterocycles. The fraction of sp³-hybridized carbons (Fsp3) is 0.552. The smallest absolute Gasteiger partial charge is 0.263 e. The van der Waals surface area contributed by atoms with E-state index in [1.165, 1.54) is 74.0 Å². The second-order valence-corrected chi connectivity index (χ2v) is 10.5. The van der Waals surface area contributed by atoms with Gasteiger partial charge in [0.2, 0.25) is 0 Å². The van der Waals surface area contributed by atoms with Crippen molar-refractivity contribution < 1.29 is 9.53 Å². The molecule has 0 N–H and O–H groups in total. The normalized spacial score (nSPS) is 23.7. The molecule has 1 unspecified atom stereocenters. The fourth-order valence-corrected chi connectivity index (χ4v) is 6.45. The van der Waals surface area contributed by atoms with Crippen molar-refractivity contribution in [3.8, 4) is 5.75 Å². The van der Waals surface area contributed by atoms with E-state index in [9.17, 15) is 4.79 Å². The molecule has 0 spiro atoms. The van der Waals surface area contributed by atoms with Crippen molar-refractivity contribution in [1.82, 2.24) is 9.80 Å². The molecule has 6 rings (SSSR count). The molecule has 5 heteroatoms. The first-order valence-corrected chi connectivity index (χ1v) is 13.4. The van der Waals surface area contributed by atoms with Crippen LogP contribution in [0.15, 0.2) is 42.5 Å². The first-order chi connectivity index (χ1) is 16.7. The number of carbonyl (C=O) groups is 1. The maximum absolute atomic E-state index is 13.2. The molecular formula is C29H37N3O2. The Bertz CT molecular complexity index is 1020. The van der Waals surface area contributed by atoms with Crippen molar-refractivity contribution in [2.24, 2.45) is 0 Å². The number of ether oxygens (including phenoxy) is 1. The van der Waals surface area contributed by atoms with Crippen LogP contribution in [0, 0.1) is 0 Å². The standard InChI is InChI=1S/C29H37N3O2/c33-29(28-12-10-23-5-1-4-8-27(23)34-28)32-19-17-31(18-20-32)26-11-9-22-13-15-30(16-14-24(22)21-26)25-6-2-3-7-25/h1,4-5,8-9,11,21,25,28H,2-3,6-7,10,12-20H2. The molecule has 1 saturated carbocycles. The van der Waals surface area contributed by atoms with Crippen LogP contribution in [0.2, 0.25) is 0 Å². The molecule has 2 aromatic carbocycles. The monoisotopic (exact) mass is 459 g/mol. The van der Waals surface area contributed by atoms with Gasteiger partial charge in [-0.1, -0.05) is 37.1 Å². The molecule has 4 aliphatic rings. The van der Waals surface area contributed by atoms with Crippen molar-refractivity contribution >= 4 is 11.6 Å². The Morgan fingerprint density at radius 2 is 1.53 bits per heavy atom. The first-order valence-electron chi connectivity index (χ1n) is 13.4. The first kappa shape index (κ1) is 22.0. The topological polar surface area (TPSA) is 36.0 Å². The predicted octanol–water partition coefficient (Wildman–Crippen LogP) is 4.07. The number of aryl methyl sites for hydroxylation is 1. The summed E-state index contributed by atoms with van der Waals surface area (Å²) in [7, 11) is 0. The van der Waals surface area contributed by atoms with Crippen LogP contribution in [0.25, 0.3) is 0 Å². The number of benzene rings is 2. The van der Waals surface area contributed by atoms with Crippen LogP contribution in [0.3, 0.4) is 0 Å². The summed E-state index contributed by atoms with van der Waals surface area (Å²) in [5, 5.41) is 0. The molecule has 1 amide bonds. The summed E-state index contributed by atoms with van der Waals surface area (Å²) in [5.41, 5.74) is 5.60. The maximum atomic E-state index is 13.2. The third-order valence-electron chi connectivity index (χ3n) is 8.52. The van der Waals surface area contributed by atoms with Gasteiger partial charge in [-0.15, -0.1) is 0 Å². The van der Waals surface area contributed by atoms with Crippen LogP contribution in [0.4, 0.5) is 5.69 Å². The second-order valence-electron chi connectivity index (χ2n) is 10.5. The molecule has 2 fully saturated rings. The van der Waals surface area contributed by atoms with E-state index in [4.69, 9.17) is 4.74 Å². The van der Waals surface area contributed by atoms with E-state index in [1.54, 1.807) is 0 Å². The van der Waals surface area contributed by atoms with E-state index in [1.807, 2.05) is 23.1 Å². The highest BCUT2D eigenvalue weighted by molar-refractivity contribution is 5.82. The van der Waals surface area contributed by atoms with Gasteiger partial charge in [0.1, 0.15) is 5.75 Å². The Hall–Kier alpha value is -2.53. The Morgan fingerprint density at radius 3 is 2.35 bits per heavy atom. The summed E-state index contributed by atoms with van der Waals surface area (Å²) >= 11 is 0. The Kier molecular flexibility index (Phi) is 6.21. The van der Waals surface area contributed by atoms with E-state index in [2.05, 4.69) is 34.1 Å². The largest absolute Gasteiger partial charge is 0.480 e. The van der Waals surface area contributed by atoms with Crippen molar-refractivity contribution in [3.05, 3.63) is 59.2 Å². The summed E-state index contributed by atoms with van der Waals surface area (Å²) in [4.78, 5) is 20.4.